The summed E-state index contributed by atoms with van der Waals surface area (Å²) in [5.74, 6) is 0.880. The second-order valence-corrected chi connectivity index (χ2v) is 4.31. The lowest BCUT2D eigenvalue weighted by molar-refractivity contribution is 0.0482. The van der Waals surface area contributed by atoms with Crippen LogP contribution in [-0.2, 0) is 9.47 Å². The molecule has 0 fully saturated rings. The molecule has 0 aliphatic heterocycles. The van der Waals surface area contributed by atoms with Crippen molar-refractivity contribution >= 4 is 0 Å². The van der Waals surface area contributed by atoms with Crippen LogP contribution in [-0.4, -0.2) is 40.1 Å². The Bertz CT molecular complexity index is 357. The van der Waals surface area contributed by atoms with E-state index >= 15 is 0 Å². The molecule has 1 aromatic rings. The summed E-state index contributed by atoms with van der Waals surface area (Å²) in [5, 5.41) is 3.30. The molecular formula is C15H25NO3. The Morgan fingerprint density at radius 3 is 2.58 bits per heavy atom. The lowest BCUT2D eigenvalue weighted by Gasteiger charge is -2.25. The average molecular weight is 267 g/mol. The summed E-state index contributed by atoms with van der Waals surface area (Å²) in [4.78, 5) is 0. The predicted octanol–water partition coefficient (Wildman–Crippen LogP) is 2.40. The summed E-state index contributed by atoms with van der Waals surface area (Å²) in [6.07, 6.45) is 0.0853. The summed E-state index contributed by atoms with van der Waals surface area (Å²) >= 11 is 0. The Hall–Kier alpha value is -1.10. The van der Waals surface area contributed by atoms with E-state index in [0.29, 0.717) is 19.8 Å². The van der Waals surface area contributed by atoms with E-state index in [2.05, 4.69) is 18.3 Å². The highest BCUT2D eigenvalue weighted by molar-refractivity contribution is 5.36. The van der Waals surface area contributed by atoms with Crippen LogP contribution in [0.15, 0.2) is 24.3 Å². The van der Waals surface area contributed by atoms with Gasteiger partial charge in [-0.2, -0.15) is 0 Å². The molecule has 0 saturated heterocycles. The molecule has 4 heteroatoms. The number of hydrogen-bond donors (Lipinski definition) is 1. The molecule has 0 radical (unpaired) electrons. The van der Waals surface area contributed by atoms with Gasteiger partial charge in [0.05, 0.1) is 18.8 Å². The molecule has 1 N–H and O–H groups in total. The van der Waals surface area contributed by atoms with E-state index in [-0.39, 0.29) is 12.1 Å². The fraction of sp³-hybridized carbons (Fsp3) is 0.600. The van der Waals surface area contributed by atoms with E-state index in [4.69, 9.17) is 14.2 Å². The Labute approximate surface area is 116 Å². The molecule has 2 atom stereocenters. The highest BCUT2D eigenvalue weighted by Crippen LogP contribution is 2.28. The summed E-state index contributed by atoms with van der Waals surface area (Å²) in [6, 6.07) is 8.15. The molecule has 19 heavy (non-hydrogen) atoms. The van der Waals surface area contributed by atoms with Crippen LogP contribution in [0.5, 0.6) is 5.75 Å². The average Bonchev–Trinajstić information content (AvgIpc) is 2.42. The largest absolute Gasteiger partial charge is 0.491 e. The number of likely N-dealkylation sites (N-methyl/N-ethyl adjacent to an activating group) is 1. The fourth-order valence-electron chi connectivity index (χ4n) is 2.11. The van der Waals surface area contributed by atoms with Gasteiger partial charge >= 0.3 is 0 Å². The van der Waals surface area contributed by atoms with Crippen molar-refractivity contribution < 1.29 is 14.2 Å². The Morgan fingerprint density at radius 1 is 1.21 bits per heavy atom. The van der Waals surface area contributed by atoms with Crippen LogP contribution in [0.4, 0.5) is 0 Å². The van der Waals surface area contributed by atoms with Crippen molar-refractivity contribution in [3.63, 3.8) is 0 Å². The zero-order chi connectivity index (χ0) is 14.1. The smallest absolute Gasteiger partial charge is 0.124 e. The fourth-order valence-corrected chi connectivity index (χ4v) is 2.11. The number of methoxy groups -OCH3 is 1. The molecule has 0 aromatic heterocycles. The van der Waals surface area contributed by atoms with Crippen LogP contribution in [0, 0.1) is 0 Å². The first kappa shape index (κ1) is 16.0. The maximum atomic E-state index is 5.77. The number of benzene rings is 1. The predicted molar refractivity (Wildman–Crippen MR) is 76.7 cm³/mol. The van der Waals surface area contributed by atoms with Gasteiger partial charge in [0.1, 0.15) is 12.4 Å². The van der Waals surface area contributed by atoms with E-state index in [0.717, 1.165) is 11.3 Å². The van der Waals surface area contributed by atoms with Gasteiger partial charge in [-0.15, -0.1) is 0 Å². The topological polar surface area (TPSA) is 39.7 Å². The molecule has 4 nitrogen and oxygen atoms in total. The summed E-state index contributed by atoms with van der Waals surface area (Å²) in [5.41, 5.74) is 1.11. The normalized spacial score (nSPS) is 14.1. The van der Waals surface area contributed by atoms with Crippen LogP contribution in [0.3, 0.4) is 0 Å². The second kappa shape index (κ2) is 8.91. The van der Waals surface area contributed by atoms with Crippen molar-refractivity contribution in [3.05, 3.63) is 29.8 Å². The van der Waals surface area contributed by atoms with Crippen molar-refractivity contribution in [2.75, 3.05) is 34.0 Å². The maximum absolute atomic E-state index is 5.77. The van der Waals surface area contributed by atoms with Gasteiger partial charge in [0, 0.05) is 19.3 Å². The second-order valence-electron chi connectivity index (χ2n) is 4.31. The monoisotopic (exact) mass is 267 g/mol. The standard InChI is InChI=1S/C15H25NO3/c1-5-18-12(2)15(16-3)13-8-6-7-9-14(13)19-11-10-17-4/h6-9,12,15-16H,5,10-11H2,1-4H3. The third-order valence-electron chi connectivity index (χ3n) is 3.01. The van der Waals surface area contributed by atoms with Gasteiger partial charge in [-0.05, 0) is 27.0 Å². The number of ether oxygens (including phenoxy) is 3. The molecule has 0 spiro atoms. The van der Waals surface area contributed by atoms with Crippen molar-refractivity contribution in [2.45, 2.75) is 26.0 Å². The van der Waals surface area contributed by atoms with Gasteiger partial charge in [0.2, 0.25) is 0 Å². The molecule has 0 amide bonds. The van der Waals surface area contributed by atoms with Gasteiger partial charge in [-0.1, -0.05) is 18.2 Å². The third-order valence-corrected chi connectivity index (χ3v) is 3.01. The number of hydrogen-bond acceptors (Lipinski definition) is 4. The Balaban J connectivity index is 2.83. The molecule has 1 rings (SSSR count). The maximum Gasteiger partial charge on any atom is 0.124 e. The molecule has 0 bridgehead atoms. The highest BCUT2D eigenvalue weighted by atomic mass is 16.5. The zero-order valence-corrected chi connectivity index (χ0v) is 12.3. The van der Waals surface area contributed by atoms with Gasteiger partial charge in [-0.3, -0.25) is 0 Å². The summed E-state index contributed by atoms with van der Waals surface area (Å²) in [7, 11) is 3.61. The zero-order valence-electron chi connectivity index (χ0n) is 12.3. The van der Waals surface area contributed by atoms with Gasteiger partial charge in [-0.25, -0.2) is 0 Å². The molecule has 0 saturated carbocycles. The first-order valence-electron chi connectivity index (χ1n) is 6.74. The molecular weight excluding hydrogens is 242 g/mol. The lowest BCUT2D eigenvalue weighted by Crippen LogP contribution is -2.30. The molecule has 0 aliphatic rings. The van der Waals surface area contributed by atoms with Gasteiger partial charge in [0.25, 0.3) is 0 Å². The first-order chi connectivity index (χ1) is 9.24. The Morgan fingerprint density at radius 2 is 1.95 bits per heavy atom. The summed E-state index contributed by atoms with van der Waals surface area (Å²) in [6.45, 7) is 5.90. The molecule has 2 unspecified atom stereocenters. The molecule has 108 valence electrons. The van der Waals surface area contributed by atoms with Crippen molar-refractivity contribution in [1.82, 2.24) is 5.32 Å². The quantitative estimate of drug-likeness (QED) is 0.697. The van der Waals surface area contributed by atoms with Crippen molar-refractivity contribution in [1.29, 1.82) is 0 Å². The molecule has 0 heterocycles. The number of para-hydroxylation sites is 1. The first-order valence-corrected chi connectivity index (χ1v) is 6.74. The van der Waals surface area contributed by atoms with E-state index < -0.39 is 0 Å². The van der Waals surface area contributed by atoms with Crippen LogP contribution >= 0.6 is 0 Å². The van der Waals surface area contributed by atoms with E-state index in [1.54, 1.807) is 7.11 Å². The van der Waals surface area contributed by atoms with E-state index in [1.165, 1.54) is 0 Å². The van der Waals surface area contributed by atoms with E-state index in [9.17, 15) is 0 Å². The van der Waals surface area contributed by atoms with Gasteiger partial charge in [0.15, 0.2) is 0 Å². The molecule has 1 aromatic carbocycles. The van der Waals surface area contributed by atoms with Crippen LogP contribution in [0.1, 0.15) is 25.5 Å². The van der Waals surface area contributed by atoms with E-state index in [1.807, 2.05) is 32.2 Å². The highest BCUT2D eigenvalue weighted by Gasteiger charge is 2.21. The van der Waals surface area contributed by atoms with Crippen molar-refractivity contribution in [2.24, 2.45) is 0 Å². The number of rotatable bonds is 9. The van der Waals surface area contributed by atoms with Gasteiger partial charge < -0.3 is 19.5 Å². The van der Waals surface area contributed by atoms with Crippen LogP contribution in [0.25, 0.3) is 0 Å². The minimum Gasteiger partial charge on any atom is -0.491 e. The minimum absolute atomic E-state index is 0.0853. The minimum atomic E-state index is 0.0853. The van der Waals surface area contributed by atoms with Crippen molar-refractivity contribution in [3.8, 4) is 5.75 Å². The Kier molecular flexibility index (Phi) is 7.48. The van der Waals surface area contributed by atoms with Crippen LogP contribution in [0.2, 0.25) is 0 Å². The van der Waals surface area contributed by atoms with Crippen LogP contribution < -0.4 is 10.1 Å². The summed E-state index contributed by atoms with van der Waals surface area (Å²) < 4.78 is 16.5. The number of nitrogens with one attached hydrogen (secondary N) is 1. The lowest BCUT2D eigenvalue weighted by atomic mass is 10.0. The SMILES string of the molecule is CCOC(C)C(NC)c1ccccc1OCCOC. The third kappa shape index (κ3) is 4.82. The molecule has 0 aliphatic carbocycles.